The third-order valence-electron chi connectivity index (χ3n) is 3.48. The molecular weight excluding hydrogens is 369 g/mol. The van der Waals surface area contributed by atoms with Crippen molar-refractivity contribution in [3.05, 3.63) is 34.0 Å². The van der Waals surface area contributed by atoms with Crippen LogP contribution in [0.4, 0.5) is 4.39 Å². The highest BCUT2D eigenvalue weighted by Gasteiger charge is 2.16. The molecule has 1 atom stereocenters. The van der Waals surface area contributed by atoms with Crippen molar-refractivity contribution in [1.82, 2.24) is 15.1 Å². The molecule has 1 aromatic carbocycles. The van der Waals surface area contributed by atoms with Crippen LogP contribution in [-0.2, 0) is 9.53 Å². The van der Waals surface area contributed by atoms with E-state index < -0.39 is 0 Å². The summed E-state index contributed by atoms with van der Waals surface area (Å²) in [6, 6.07) is 5.96. The van der Waals surface area contributed by atoms with Gasteiger partial charge in [-0.15, -0.1) is 5.10 Å². The van der Waals surface area contributed by atoms with Crippen molar-refractivity contribution < 1.29 is 13.9 Å². The van der Waals surface area contributed by atoms with Crippen molar-refractivity contribution in [2.75, 3.05) is 18.9 Å². The summed E-state index contributed by atoms with van der Waals surface area (Å²) < 4.78 is 21.3. The quantitative estimate of drug-likeness (QED) is 0.611. The minimum Gasteiger partial charge on any atom is -0.376 e. The van der Waals surface area contributed by atoms with E-state index in [0.717, 1.165) is 19.4 Å². The van der Waals surface area contributed by atoms with Crippen molar-refractivity contribution >= 4 is 41.2 Å². The molecule has 5 nitrogen and oxygen atoms in total. The summed E-state index contributed by atoms with van der Waals surface area (Å²) in [5.41, 5.74) is 0.701. The van der Waals surface area contributed by atoms with Gasteiger partial charge in [0.1, 0.15) is 5.82 Å². The first kappa shape index (κ1) is 17.5. The standard InChI is InChI=1S/C15H16FN3O2S3/c16-10-3-5-11(6-4-10)19-15(22)24-14(18-19)23-9-13(20)17-8-12-2-1-7-21-12/h3-6,12H,1-2,7-9H2,(H,17,20)/t12-/m1/s1. The van der Waals surface area contributed by atoms with Gasteiger partial charge >= 0.3 is 0 Å². The number of nitrogens with one attached hydrogen (secondary N) is 1. The molecule has 1 amide bonds. The largest absolute Gasteiger partial charge is 0.376 e. The van der Waals surface area contributed by atoms with Gasteiger partial charge in [0.2, 0.25) is 5.91 Å². The Balaban J connectivity index is 1.54. The van der Waals surface area contributed by atoms with Crippen LogP contribution < -0.4 is 5.32 Å². The highest BCUT2D eigenvalue weighted by Crippen LogP contribution is 2.24. The lowest BCUT2D eigenvalue weighted by atomic mass is 10.2. The van der Waals surface area contributed by atoms with Gasteiger partial charge in [-0.2, -0.15) is 0 Å². The minimum absolute atomic E-state index is 0.0510. The summed E-state index contributed by atoms with van der Waals surface area (Å²) in [7, 11) is 0. The predicted octanol–water partition coefficient (Wildman–Crippen LogP) is 3.19. The van der Waals surface area contributed by atoms with E-state index in [2.05, 4.69) is 10.4 Å². The van der Waals surface area contributed by atoms with E-state index in [1.165, 1.54) is 35.2 Å². The van der Waals surface area contributed by atoms with E-state index in [1.54, 1.807) is 16.8 Å². The number of carbonyl (C=O) groups is 1. The van der Waals surface area contributed by atoms with Crippen molar-refractivity contribution in [1.29, 1.82) is 0 Å². The number of halogens is 1. The Morgan fingerprint density at radius 3 is 3.00 bits per heavy atom. The first-order valence-corrected chi connectivity index (χ1v) is 9.70. The molecule has 1 aliphatic rings. The highest BCUT2D eigenvalue weighted by atomic mass is 32.2. The number of nitrogens with zero attached hydrogens (tertiary/aromatic N) is 2. The van der Waals surface area contributed by atoms with Gasteiger partial charge in [0, 0.05) is 13.2 Å². The normalized spacial score (nSPS) is 17.1. The van der Waals surface area contributed by atoms with Crippen molar-refractivity contribution in [2.24, 2.45) is 0 Å². The minimum atomic E-state index is -0.307. The zero-order valence-corrected chi connectivity index (χ0v) is 15.2. The molecule has 0 spiro atoms. The number of benzene rings is 1. The first-order chi connectivity index (χ1) is 11.6. The Kier molecular flexibility index (Phi) is 5.99. The van der Waals surface area contributed by atoms with Crippen LogP contribution in [0.5, 0.6) is 0 Å². The number of thioether (sulfide) groups is 1. The highest BCUT2D eigenvalue weighted by molar-refractivity contribution is 8.01. The fourth-order valence-corrected chi connectivity index (χ4v) is 4.47. The van der Waals surface area contributed by atoms with E-state index in [0.29, 0.717) is 20.5 Å². The van der Waals surface area contributed by atoms with Gasteiger partial charge < -0.3 is 10.1 Å². The van der Waals surface area contributed by atoms with Gasteiger partial charge in [0.15, 0.2) is 8.29 Å². The Morgan fingerprint density at radius 1 is 1.50 bits per heavy atom. The molecule has 0 unspecified atom stereocenters. The van der Waals surface area contributed by atoms with E-state index in [1.807, 2.05) is 0 Å². The molecule has 0 radical (unpaired) electrons. The maximum Gasteiger partial charge on any atom is 0.230 e. The molecule has 1 N–H and O–H groups in total. The molecule has 0 aliphatic carbocycles. The number of hydrogen-bond donors (Lipinski definition) is 1. The number of aromatic nitrogens is 2. The van der Waals surface area contributed by atoms with E-state index in [9.17, 15) is 9.18 Å². The predicted molar refractivity (Wildman–Crippen MR) is 94.9 cm³/mol. The Bertz CT molecular complexity index is 754. The maximum atomic E-state index is 13.0. The monoisotopic (exact) mass is 385 g/mol. The van der Waals surface area contributed by atoms with Crippen LogP contribution >= 0.6 is 35.3 Å². The zero-order chi connectivity index (χ0) is 16.9. The average Bonchev–Trinajstić information content (AvgIpc) is 3.21. The molecular formula is C15H16FN3O2S3. The maximum absolute atomic E-state index is 13.0. The van der Waals surface area contributed by atoms with Crippen LogP contribution in [0.3, 0.4) is 0 Å². The number of rotatable bonds is 6. The Morgan fingerprint density at radius 2 is 2.29 bits per heavy atom. The summed E-state index contributed by atoms with van der Waals surface area (Å²) in [5.74, 6) is -0.0822. The second kappa shape index (κ2) is 8.19. The summed E-state index contributed by atoms with van der Waals surface area (Å²) in [6.07, 6.45) is 2.19. The van der Waals surface area contributed by atoms with Crippen molar-refractivity contribution in [2.45, 2.75) is 23.3 Å². The van der Waals surface area contributed by atoms with Crippen molar-refractivity contribution in [3.8, 4) is 5.69 Å². The summed E-state index contributed by atoms with van der Waals surface area (Å²) in [4.78, 5) is 11.9. The van der Waals surface area contributed by atoms with Gasteiger partial charge in [-0.25, -0.2) is 9.07 Å². The second-order valence-corrected chi connectivity index (χ2v) is 8.09. The fourth-order valence-electron chi connectivity index (χ4n) is 2.28. The third-order valence-corrected chi connectivity index (χ3v) is 5.84. The lowest BCUT2D eigenvalue weighted by molar-refractivity contribution is -0.119. The molecule has 9 heteroatoms. The molecule has 2 aromatic rings. The van der Waals surface area contributed by atoms with Crippen molar-refractivity contribution in [3.63, 3.8) is 0 Å². The SMILES string of the molecule is O=C(CSc1nn(-c2ccc(F)cc2)c(=S)s1)NC[C@H]1CCCO1. The molecule has 24 heavy (non-hydrogen) atoms. The van der Waals surface area contributed by atoms with Crippen LogP contribution in [0.1, 0.15) is 12.8 Å². The Hall–Kier alpha value is -1.29. The van der Waals surface area contributed by atoms with Crippen LogP contribution in [0.15, 0.2) is 28.6 Å². The van der Waals surface area contributed by atoms with Gasteiger partial charge in [0.25, 0.3) is 0 Å². The number of amides is 1. The molecule has 1 saturated heterocycles. The van der Waals surface area contributed by atoms with E-state index >= 15 is 0 Å². The first-order valence-electron chi connectivity index (χ1n) is 7.49. The fraction of sp³-hybridized carbons (Fsp3) is 0.400. The van der Waals surface area contributed by atoms with Crippen LogP contribution in [0, 0.1) is 9.77 Å². The molecule has 1 fully saturated rings. The molecule has 1 aliphatic heterocycles. The average molecular weight is 386 g/mol. The second-order valence-electron chi connectivity index (χ2n) is 5.25. The summed E-state index contributed by atoms with van der Waals surface area (Å²) >= 11 is 7.95. The number of ether oxygens (including phenoxy) is 1. The van der Waals surface area contributed by atoms with Crippen LogP contribution in [0.25, 0.3) is 5.69 Å². The molecule has 0 bridgehead atoms. The van der Waals surface area contributed by atoms with E-state index in [-0.39, 0.29) is 23.6 Å². The topological polar surface area (TPSA) is 56.2 Å². The van der Waals surface area contributed by atoms with Gasteiger partial charge in [-0.3, -0.25) is 4.79 Å². The van der Waals surface area contributed by atoms with E-state index in [4.69, 9.17) is 17.0 Å². The molecule has 3 rings (SSSR count). The Labute approximate surface area is 152 Å². The van der Waals surface area contributed by atoms with Crippen LogP contribution in [0.2, 0.25) is 0 Å². The third kappa shape index (κ3) is 4.62. The lowest BCUT2D eigenvalue weighted by Gasteiger charge is -2.09. The summed E-state index contributed by atoms with van der Waals surface area (Å²) in [5, 5.41) is 7.26. The smallest absolute Gasteiger partial charge is 0.230 e. The van der Waals surface area contributed by atoms with Crippen LogP contribution in [-0.4, -0.2) is 40.7 Å². The van der Waals surface area contributed by atoms with Gasteiger partial charge in [0.05, 0.1) is 17.5 Å². The number of carbonyl (C=O) groups excluding carboxylic acids is 1. The molecule has 2 heterocycles. The molecule has 128 valence electrons. The van der Waals surface area contributed by atoms with Gasteiger partial charge in [-0.05, 0) is 49.3 Å². The zero-order valence-electron chi connectivity index (χ0n) is 12.7. The van der Waals surface area contributed by atoms with Gasteiger partial charge in [-0.1, -0.05) is 23.1 Å². The molecule has 0 saturated carbocycles. The molecule has 1 aromatic heterocycles. The lowest BCUT2D eigenvalue weighted by Crippen LogP contribution is -2.32. The summed E-state index contributed by atoms with van der Waals surface area (Å²) in [6.45, 7) is 1.33. The number of hydrogen-bond acceptors (Lipinski definition) is 6.